The lowest BCUT2D eigenvalue weighted by Gasteiger charge is -2.29. The van der Waals surface area contributed by atoms with Gasteiger partial charge in [-0.05, 0) is 30.0 Å². The van der Waals surface area contributed by atoms with Crippen molar-refractivity contribution in [2.75, 3.05) is 0 Å². The van der Waals surface area contributed by atoms with Crippen LogP contribution in [0.2, 0.25) is 0 Å². The first-order valence-electron chi connectivity index (χ1n) is 6.01. The Labute approximate surface area is 102 Å². The molecule has 1 aliphatic carbocycles. The van der Waals surface area contributed by atoms with Gasteiger partial charge in [-0.2, -0.15) is 0 Å². The molecule has 86 valence electrons. The Morgan fingerprint density at radius 1 is 1.00 bits per heavy atom. The van der Waals surface area contributed by atoms with Gasteiger partial charge in [0.05, 0.1) is 5.41 Å². The van der Waals surface area contributed by atoms with Crippen molar-refractivity contribution in [1.29, 1.82) is 0 Å². The third-order valence-electron chi connectivity index (χ3n) is 3.66. The van der Waals surface area contributed by atoms with Gasteiger partial charge in [0.2, 0.25) is 5.24 Å². The molecule has 0 bridgehead atoms. The van der Waals surface area contributed by atoms with Crippen LogP contribution in [-0.2, 0) is 10.2 Å². The fourth-order valence-corrected chi connectivity index (χ4v) is 2.99. The van der Waals surface area contributed by atoms with Gasteiger partial charge in [-0.25, -0.2) is 0 Å². The molecule has 1 aromatic rings. The van der Waals surface area contributed by atoms with Crippen molar-refractivity contribution in [3.8, 4) is 0 Å². The molecule has 1 fully saturated rings. The molecule has 2 rings (SSSR count). The predicted molar refractivity (Wildman–Crippen MR) is 66.7 cm³/mol. The SMILES string of the molecule is O=C(Cl)C1(c2ccccc2)CCCCCC1. The number of hydrogen-bond acceptors (Lipinski definition) is 1. The van der Waals surface area contributed by atoms with Crippen LogP contribution in [-0.4, -0.2) is 5.24 Å². The maximum Gasteiger partial charge on any atom is 0.232 e. The second-order valence-corrected chi connectivity index (χ2v) is 4.98. The van der Waals surface area contributed by atoms with E-state index in [1.807, 2.05) is 30.3 Å². The van der Waals surface area contributed by atoms with E-state index in [1.54, 1.807) is 0 Å². The van der Waals surface area contributed by atoms with Crippen molar-refractivity contribution in [3.63, 3.8) is 0 Å². The van der Waals surface area contributed by atoms with Crippen molar-refractivity contribution in [2.45, 2.75) is 43.9 Å². The highest BCUT2D eigenvalue weighted by Crippen LogP contribution is 2.40. The molecule has 0 heterocycles. The Hall–Kier alpha value is -0.820. The van der Waals surface area contributed by atoms with Gasteiger partial charge in [-0.3, -0.25) is 4.79 Å². The fourth-order valence-electron chi connectivity index (χ4n) is 2.69. The summed E-state index contributed by atoms with van der Waals surface area (Å²) in [7, 11) is 0. The number of carbonyl (C=O) groups is 1. The Balaban J connectivity index is 2.38. The highest BCUT2D eigenvalue weighted by Gasteiger charge is 2.38. The summed E-state index contributed by atoms with van der Waals surface area (Å²) in [6.45, 7) is 0. The van der Waals surface area contributed by atoms with E-state index in [1.165, 1.54) is 12.8 Å². The summed E-state index contributed by atoms with van der Waals surface area (Å²) in [6.07, 6.45) is 6.46. The van der Waals surface area contributed by atoms with E-state index in [4.69, 9.17) is 11.6 Å². The summed E-state index contributed by atoms with van der Waals surface area (Å²) < 4.78 is 0. The second-order valence-electron chi connectivity index (χ2n) is 4.64. The largest absolute Gasteiger partial charge is 0.280 e. The highest BCUT2D eigenvalue weighted by molar-refractivity contribution is 6.65. The molecule has 0 aliphatic heterocycles. The lowest BCUT2D eigenvalue weighted by atomic mass is 9.75. The molecule has 0 amide bonds. The van der Waals surface area contributed by atoms with Gasteiger partial charge < -0.3 is 0 Å². The highest BCUT2D eigenvalue weighted by atomic mass is 35.5. The minimum Gasteiger partial charge on any atom is -0.280 e. The van der Waals surface area contributed by atoms with E-state index < -0.39 is 5.41 Å². The first kappa shape index (κ1) is 11.7. The van der Waals surface area contributed by atoms with Gasteiger partial charge in [0.15, 0.2) is 0 Å². The standard InChI is InChI=1S/C14H17ClO/c15-13(16)14(10-6-1-2-7-11-14)12-8-4-3-5-9-12/h3-5,8-9H,1-2,6-7,10-11H2. The zero-order chi connectivity index (χ0) is 11.4. The normalized spacial score (nSPS) is 20.1. The number of rotatable bonds is 2. The van der Waals surface area contributed by atoms with Gasteiger partial charge in [0, 0.05) is 0 Å². The van der Waals surface area contributed by atoms with Crippen LogP contribution in [0.25, 0.3) is 0 Å². The molecular formula is C14H17ClO. The van der Waals surface area contributed by atoms with Crippen LogP contribution in [0, 0.1) is 0 Å². The monoisotopic (exact) mass is 236 g/mol. The summed E-state index contributed by atoms with van der Waals surface area (Å²) in [6, 6.07) is 10.0. The van der Waals surface area contributed by atoms with Crippen LogP contribution >= 0.6 is 11.6 Å². The van der Waals surface area contributed by atoms with Crippen LogP contribution < -0.4 is 0 Å². The predicted octanol–water partition coefficient (Wildman–Crippen LogP) is 4.04. The summed E-state index contributed by atoms with van der Waals surface area (Å²) >= 11 is 5.88. The molecule has 1 aromatic carbocycles. The number of carbonyl (C=O) groups excluding carboxylic acids is 1. The van der Waals surface area contributed by atoms with Gasteiger partial charge in [-0.15, -0.1) is 0 Å². The molecular weight excluding hydrogens is 220 g/mol. The maximum atomic E-state index is 11.8. The summed E-state index contributed by atoms with van der Waals surface area (Å²) in [5, 5.41) is -0.180. The molecule has 1 nitrogen and oxygen atoms in total. The summed E-state index contributed by atoms with van der Waals surface area (Å²) in [5.74, 6) is 0. The number of halogens is 1. The fraction of sp³-hybridized carbons (Fsp3) is 0.500. The van der Waals surface area contributed by atoms with Gasteiger partial charge in [0.1, 0.15) is 0 Å². The molecule has 0 atom stereocenters. The third-order valence-corrected chi connectivity index (χ3v) is 4.02. The van der Waals surface area contributed by atoms with Crippen molar-refractivity contribution in [1.82, 2.24) is 0 Å². The van der Waals surface area contributed by atoms with Gasteiger partial charge >= 0.3 is 0 Å². The smallest absolute Gasteiger partial charge is 0.232 e. The molecule has 1 aliphatic rings. The molecule has 16 heavy (non-hydrogen) atoms. The number of benzene rings is 1. The molecule has 0 saturated heterocycles. The third kappa shape index (κ3) is 2.15. The average Bonchev–Trinajstić information content (AvgIpc) is 2.56. The van der Waals surface area contributed by atoms with Crippen LogP contribution in [0.1, 0.15) is 44.1 Å². The van der Waals surface area contributed by atoms with Gasteiger partial charge in [-0.1, -0.05) is 56.0 Å². The molecule has 1 saturated carbocycles. The first-order chi connectivity index (χ1) is 7.76. The maximum absolute atomic E-state index is 11.8. The Kier molecular flexibility index (Phi) is 3.65. The molecule has 0 N–H and O–H groups in total. The van der Waals surface area contributed by atoms with Crippen molar-refractivity contribution in [2.24, 2.45) is 0 Å². The lowest BCUT2D eigenvalue weighted by Crippen LogP contribution is -2.32. The van der Waals surface area contributed by atoms with Crippen molar-refractivity contribution >= 4 is 16.8 Å². The average molecular weight is 237 g/mol. The number of hydrogen-bond donors (Lipinski definition) is 0. The second kappa shape index (κ2) is 5.01. The Morgan fingerprint density at radius 3 is 2.06 bits per heavy atom. The molecule has 0 radical (unpaired) electrons. The van der Waals surface area contributed by atoms with E-state index in [9.17, 15) is 4.79 Å². The van der Waals surface area contributed by atoms with E-state index in [-0.39, 0.29) is 5.24 Å². The summed E-state index contributed by atoms with van der Waals surface area (Å²) in [4.78, 5) is 11.8. The Bertz CT molecular complexity index is 350. The van der Waals surface area contributed by atoms with E-state index in [2.05, 4.69) is 0 Å². The summed E-state index contributed by atoms with van der Waals surface area (Å²) in [5.41, 5.74) is 0.677. The molecule has 0 aromatic heterocycles. The molecule has 0 spiro atoms. The Morgan fingerprint density at radius 2 is 1.56 bits per heavy atom. The van der Waals surface area contributed by atoms with Crippen molar-refractivity contribution in [3.05, 3.63) is 35.9 Å². The lowest BCUT2D eigenvalue weighted by molar-refractivity contribution is -0.117. The van der Waals surface area contributed by atoms with Gasteiger partial charge in [0.25, 0.3) is 0 Å². The molecule has 2 heteroatoms. The molecule has 0 unspecified atom stereocenters. The van der Waals surface area contributed by atoms with E-state index >= 15 is 0 Å². The van der Waals surface area contributed by atoms with Crippen LogP contribution in [0.3, 0.4) is 0 Å². The van der Waals surface area contributed by atoms with E-state index in [0.717, 1.165) is 31.2 Å². The zero-order valence-corrected chi connectivity index (χ0v) is 10.2. The quantitative estimate of drug-likeness (QED) is 0.560. The zero-order valence-electron chi connectivity index (χ0n) is 9.42. The van der Waals surface area contributed by atoms with Crippen LogP contribution in [0.4, 0.5) is 0 Å². The van der Waals surface area contributed by atoms with Crippen LogP contribution in [0.5, 0.6) is 0 Å². The topological polar surface area (TPSA) is 17.1 Å². The van der Waals surface area contributed by atoms with E-state index in [0.29, 0.717) is 0 Å². The van der Waals surface area contributed by atoms with Crippen LogP contribution in [0.15, 0.2) is 30.3 Å². The first-order valence-corrected chi connectivity index (χ1v) is 6.39. The minimum absolute atomic E-state index is 0.180. The minimum atomic E-state index is -0.417. The van der Waals surface area contributed by atoms with Crippen molar-refractivity contribution < 1.29 is 4.79 Å².